The Kier molecular flexibility index (Phi) is 9.99. The van der Waals surface area contributed by atoms with Crippen molar-refractivity contribution in [3.8, 4) is 5.75 Å². The van der Waals surface area contributed by atoms with E-state index < -0.39 is 11.9 Å². The fourth-order valence-corrected chi connectivity index (χ4v) is 11.2. The van der Waals surface area contributed by atoms with Gasteiger partial charge in [0.1, 0.15) is 11.8 Å². The number of piperidine rings is 3. The van der Waals surface area contributed by atoms with Crippen molar-refractivity contribution in [2.75, 3.05) is 37.6 Å². The summed E-state index contributed by atoms with van der Waals surface area (Å²) in [5.74, 6) is 1.04. The van der Waals surface area contributed by atoms with Crippen LogP contribution in [-0.2, 0) is 40.4 Å². The number of likely N-dealkylation sites (tertiary alicyclic amines) is 1. The number of hydrogen-bond acceptors (Lipinski definition) is 7. The van der Waals surface area contributed by atoms with Crippen LogP contribution in [-0.4, -0.2) is 82.2 Å². The molecule has 0 aromatic heterocycles. The van der Waals surface area contributed by atoms with Crippen molar-refractivity contribution < 1.29 is 24.3 Å². The molecule has 2 N–H and O–H groups in total. The highest BCUT2D eigenvalue weighted by molar-refractivity contribution is 6.05. The maximum Gasteiger partial charge on any atom is 0.255 e. The summed E-state index contributed by atoms with van der Waals surface area (Å²) in [5, 5.41) is 12.6. The minimum atomic E-state index is -0.623. The van der Waals surface area contributed by atoms with E-state index in [1.54, 1.807) is 4.90 Å². The number of carbonyl (C=O) groups excluding carboxylic acids is 4. The van der Waals surface area contributed by atoms with E-state index >= 15 is 0 Å². The third kappa shape index (κ3) is 7.30. The van der Waals surface area contributed by atoms with Gasteiger partial charge in [-0.05, 0) is 139 Å². The topological polar surface area (TPSA) is 114 Å². The SMILES string of the molecule is O=C1CCC(N2Cc3cc4c(cc3C2=O)CN(C(=O)C2CCN(CC3CCN(c5ccc([C@@H]6c7ccc(O)cc7CC[C@@H]6c6ccccc6)cc5)CC3)CC2)C4)C(=O)N1. The molecule has 4 aromatic carbocycles. The second-order valence-corrected chi connectivity index (χ2v) is 17.9. The van der Waals surface area contributed by atoms with E-state index in [0.29, 0.717) is 49.2 Å². The average molecular weight is 792 g/mol. The first-order chi connectivity index (χ1) is 28.8. The van der Waals surface area contributed by atoms with E-state index in [4.69, 9.17) is 0 Å². The molecule has 59 heavy (non-hydrogen) atoms. The predicted octanol–water partition coefficient (Wildman–Crippen LogP) is 6.49. The molecule has 1 unspecified atom stereocenters. The van der Waals surface area contributed by atoms with E-state index in [-0.39, 0.29) is 36.0 Å². The molecule has 4 amide bonds. The third-order valence-electron chi connectivity index (χ3n) is 14.4. The zero-order valence-electron chi connectivity index (χ0n) is 33.7. The Bertz CT molecular complexity index is 2280. The number of anilines is 1. The van der Waals surface area contributed by atoms with Crippen molar-refractivity contribution in [2.45, 2.75) is 88.9 Å². The van der Waals surface area contributed by atoms with Crippen LogP contribution < -0.4 is 10.2 Å². The Labute approximate surface area is 346 Å². The van der Waals surface area contributed by atoms with Gasteiger partial charge in [0.2, 0.25) is 17.7 Å². The Balaban J connectivity index is 0.702. The van der Waals surface area contributed by atoms with Crippen LogP contribution in [0.2, 0.25) is 0 Å². The fraction of sp³-hybridized carbons (Fsp3) is 0.429. The molecule has 0 spiro atoms. The van der Waals surface area contributed by atoms with Crippen molar-refractivity contribution >= 4 is 29.3 Å². The zero-order valence-corrected chi connectivity index (χ0v) is 33.7. The van der Waals surface area contributed by atoms with Gasteiger partial charge in [-0.3, -0.25) is 24.5 Å². The molecule has 6 aliphatic rings. The van der Waals surface area contributed by atoms with Crippen molar-refractivity contribution in [3.05, 3.63) is 129 Å². The van der Waals surface area contributed by atoms with Crippen LogP contribution in [0.4, 0.5) is 5.69 Å². The van der Waals surface area contributed by atoms with E-state index in [1.165, 1.54) is 40.8 Å². The lowest BCUT2D eigenvalue weighted by Gasteiger charge is -2.39. The molecule has 3 fully saturated rings. The van der Waals surface area contributed by atoms with Crippen LogP contribution >= 0.6 is 0 Å². The quantitative estimate of drug-likeness (QED) is 0.206. The van der Waals surface area contributed by atoms with Gasteiger partial charge in [0.15, 0.2) is 0 Å². The molecule has 3 atom stereocenters. The van der Waals surface area contributed by atoms with E-state index in [2.05, 4.69) is 81.8 Å². The normalized spacial score (nSPS) is 23.9. The molecule has 304 valence electrons. The number of nitrogens with one attached hydrogen (secondary N) is 1. The standard InChI is InChI=1S/C49H53N5O5/c55-40-11-13-42-35(25-40)8-12-41(32-4-2-1-3-5-32)46(42)33-6-9-39(10-7-33)52-22-16-31(17-23-52)27-51-20-18-34(19-21-51)48(58)53-28-36-24-38-30-54(44-14-15-45(56)50-47(44)57)49(59)43(38)26-37(36)29-53/h1-7,9-11,13,24-26,31,34,41,44,46,55H,8,12,14-23,27-30H2,(H,50,56,57)/t41-,44?,46+/m1/s1. The first kappa shape index (κ1) is 37.8. The first-order valence-corrected chi connectivity index (χ1v) is 21.8. The summed E-state index contributed by atoms with van der Waals surface area (Å²) >= 11 is 0. The largest absolute Gasteiger partial charge is 0.508 e. The summed E-state index contributed by atoms with van der Waals surface area (Å²) in [4.78, 5) is 59.9. The van der Waals surface area contributed by atoms with Crippen molar-refractivity contribution in [1.29, 1.82) is 0 Å². The number of rotatable bonds is 7. The lowest BCUT2D eigenvalue weighted by Crippen LogP contribution is -2.52. The Morgan fingerprint density at radius 1 is 0.695 bits per heavy atom. The molecule has 0 radical (unpaired) electrons. The molecular weight excluding hydrogens is 739 g/mol. The Morgan fingerprint density at radius 2 is 1.44 bits per heavy atom. The van der Waals surface area contributed by atoms with Gasteiger partial charge >= 0.3 is 0 Å². The monoisotopic (exact) mass is 791 g/mol. The highest BCUT2D eigenvalue weighted by atomic mass is 16.3. The van der Waals surface area contributed by atoms with Gasteiger partial charge in [0, 0.05) is 68.8 Å². The molecule has 10 rings (SSSR count). The van der Waals surface area contributed by atoms with Gasteiger partial charge in [-0.15, -0.1) is 0 Å². The van der Waals surface area contributed by atoms with Gasteiger partial charge in [-0.2, -0.15) is 0 Å². The molecule has 5 aliphatic heterocycles. The first-order valence-electron chi connectivity index (χ1n) is 21.8. The minimum Gasteiger partial charge on any atom is -0.508 e. The molecule has 0 bridgehead atoms. The minimum absolute atomic E-state index is 0.0269. The molecule has 10 heteroatoms. The van der Waals surface area contributed by atoms with Gasteiger partial charge < -0.3 is 24.7 Å². The number of benzene rings is 4. The van der Waals surface area contributed by atoms with Gasteiger partial charge in [0.05, 0.1) is 0 Å². The highest BCUT2D eigenvalue weighted by Crippen LogP contribution is 2.47. The molecule has 3 saturated heterocycles. The van der Waals surface area contributed by atoms with Crippen molar-refractivity contribution in [1.82, 2.24) is 20.0 Å². The number of hydrogen-bond donors (Lipinski definition) is 2. The molecule has 4 aromatic rings. The second-order valence-electron chi connectivity index (χ2n) is 17.9. The lowest BCUT2D eigenvalue weighted by molar-refractivity contribution is -0.138. The molecule has 0 saturated carbocycles. The Hall–Kier alpha value is -5.48. The zero-order chi connectivity index (χ0) is 40.2. The predicted molar refractivity (Wildman–Crippen MR) is 225 cm³/mol. The number of fused-ring (bicyclic) bond motifs is 3. The molecule has 10 nitrogen and oxygen atoms in total. The third-order valence-corrected chi connectivity index (χ3v) is 14.4. The summed E-state index contributed by atoms with van der Waals surface area (Å²) < 4.78 is 0. The number of phenolic OH excluding ortho intramolecular Hbond substituents is 1. The maximum absolute atomic E-state index is 13.8. The van der Waals surface area contributed by atoms with Crippen LogP contribution in [0.1, 0.15) is 106 Å². The molecule has 1 aliphatic carbocycles. The lowest BCUT2D eigenvalue weighted by atomic mass is 9.69. The number of nitrogens with zero attached hydrogens (tertiary/aromatic N) is 4. The summed E-state index contributed by atoms with van der Waals surface area (Å²) in [6.45, 7) is 6.53. The number of aromatic hydroxyl groups is 1. The summed E-state index contributed by atoms with van der Waals surface area (Å²) in [6, 6.07) is 29.5. The number of aryl methyl sites for hydroxylation is 1. The van der Waals surface area contributed by atoms with Gasteiger partial charge in [0.25, 0.3) is 5.91 Å². The summed E-state index contributed by atoms with van der Waals surface area (Å²) in [6.07, 6.45) is 6.71. The number of imide groups is 1. The average Bonchev–Trinajstić information content (AvgIpc) is 3.82. The Morgan fingerprint density at radius 3 is 2.19 bits per heavy atom. The second kappa shape index (κ2) is 15.6. The molecular formula is C49H53N5O5. The number of phenols is 1. The van der Waals surface area contributed by atoms with Gasteiger partial charge in [-0.1, -0.05) is 54.6 Å². The van der Waals surface area contributed by atoms with Crippen molar-refractivity contribution in [2.24, 2.45) is 11.8 Å². The van der Waals surface area contributed by atoms with Crippen LogP contribution in [0.15, 0.2) is 84.9 Å². The van der Waals surface area contributed by atoms with E-state index in [1.807, 2.05) is 23.1 Å². The van der Waals surface area contributed by atoms with Crippen molar-refractivity contribution in [3.63, 3.8) is 0 Å². The number of carbonyl (C=O) groups is 4. The van der Waals surface area contributed by atoms with Crippen LogP contribution in [0.5, 0.6) is 5.75 Å². The van der Waals surface area contributed by atoms with Crippen LogP contribution in [0.25, 0.3) is 0 Å². The van der Waals surface area contributed by atoms with Crippen LogP contribution in [0.3, 0.4) is 0 Å². The summed E-state index contributed by atoms with van der Waals surface area (Å²) in [5.41, 5.74) is 10.2. The molecule has 5 heterocycles. The highest BCUT2D eigenvalue weighted by Gasteiger charge is 2.41. The van der Waals surface area contributed by atoms with E-state index in [0.717, 1.165) is 75.1 Å². The fourth-order valence-electron chi connectivity index (χ4n) is 11.2. The maximum atomic E-state index is 13.8. The smallest absolute Gasteiger partial charge is 0.255 e. The van der Waals surface area contributed by atoms with Crippen LogP contribution in [0, 0.1) is 11.8 Å². The van der Waals surface area contributed by atoms with Gasteiger partial charge in [-0.25, -0.2) is 0 Å². The summed E-state index contributed by atoms with van der Waals surface area (Å²) in [7, 11) is 0. The van der Waals surface area contributed by atoms with E-state index in [9.17, 15) is 24.3 Å². The number of amides is 4.